The molecular weight excluding hydrogens is 204 g/mol. The summed E-state index contributed by atoms with van der Waals surface area (Å²) in [5, 5.41) is 10.6. The first kappa shape index (κ1) is 11.4. The van der Waals surface area contributed by atoms with Gasteiger partial charge in [-0.2, -0.15) is 0 Å². The van der Waals surface area contributed by atoms with Crippen molar-refractivity contribution in [2.75, 3.05) is 33.4 Å². The lowest BCUT2D eigenvalue weighted by Crippen LogP contribution is -2.33. The smallest absolute Gasteiger partial charge is 0.411 e. The molecule has 0 aromatic heterocycles. The molecule has 0 spiro atoms. The highest BCUT2D eigenvalue weighted by molar-refractivity contribution is 5.85. The summed E-state index contributed by atoms with van der Waals surface area (Å²) in [7, 11) is 1.11. The predicted octanol–water partition coefficient (Wildman–Crippen LogP) is -0.390. The SMILES string of the molecule is COC(=O)/C(=C\N1CCOCC1)[N+](=O)[O-]. The number of carbonyl (C=O) groups excluding carboxylic acids is 1. The van der Waals surface area contributed by atoms with Gasteiger partial charge in [-0.1, -0.05) is 0 Å². The molecule has 0 aromatic rings. The highest BCUT2D eigenvalue weighted by Gasteiger charge is 2.24. The van der Waals surface area contributed by atoms with Gasteiger partial charge in [0, 0.05) is 13.1 Å². The number of carbonyl (C=O) groups is 1. The van der Waals surface area contributed by atoms with Crippen LogP contribution in [0.4, 0.5) is 0 Å². The van der Waals surface area contributed by atoms with E-state index in [1.165, 1.54) is 6.20 Å². The Morgan fingerprint density at radius 1 is 1.53 bits per heavy atom. The van der Waals surface area contributed by atoms with Crippen molar-refractivity contribution in [1.29, 1.82) is 0 Å². The van der Waals surface area contributed by atoms with E-state index in [9.17, 15) is 14.9 Å². The van der Waals surface area contributed by atoms with Gasteiger partial charge in [-0.3, -0.25) is 10.1 Å². The molecule has 0 atom stereocenters. The van der Waals surface area contributed by atoms with Crippen LogP contribution in [0.15, 0.2) is 11.9 Å². The van der Waals surface area contributed by atoms with Gasteiger partial charge in [-0.15, -0.1) is 0 Å². The van der Waals surface area contributed by atoms with Crippen molar-refractivity contribution in [3.05, 3.63) is 22.0 Å². The molecule has 1 aliphatic heterocycles. The van der Waals surface area contributed by atoms with Crippen molar-refractivity contribution in [3.8, 4) is 0 Å². The fourth-order valence-corrected chi connectivity index (χ4v) is 1.16. The van der Waals surface area contributed by atoms with Crippen molar-refractivity contribution in [3.63, 3.8) is 0 Å². The Labute approximate surface area is 86.4 Å². The van der Waals surface area contributed by atoms with E-state index in [4.69, 9.17) is 4.74 Å². The maximum Gasteiger partial charge on any atom is 0.411 e. The van der Waals surface area contributed by atoms with Gasteiger partial charge in [0.2, 0.25) is 0 Å². The summed E-state index contributed by atoms with van der Waals surface area (Å²) in [6, 6.07) is 0. The second kappa shape index (κ2) is 5.30. The Bertz CT molecular complexity index is 283. The third-order valence-electron chi connectivity index (χ3n) is 1.94. The molecule has 1 heterocycles. The van der Waals surface area contributed by atoms with Crippen LogP contribution >= 0.6 is 0 Å². The monoisotopic (exact) mass is 216 g/mol. The van der Waals surface area contributed by atoms with E-state index < -0.39 is 16.6 Å². The second-order valence-corrected chi connectivity index (χ2v) is 2.91. The Morgan fingerprint density at radius 3 is 2.60 bits per heavy atom. The minimum Gasteiger partial charge on any atom is -0.461 e. The van der Waals surface area contributed by atoms with Gasteiger partial charge < -0.3 is 14.4 Å². The molecule has 1 fully saturated rings. The Hall–Kier alpha value is -1.63. The van der Waals surface area contributed by atoms with Crippen molar-refractivity contribution in [1.82, 2.24) is 4.90 Å². The number of nitro groups is 1. The lowest BCUT2D eigenvalue weighted by molar-refractivity contribution is -0.422. The van der Waals surface area contributed by atoms with E-state index in [2.05, 4.69) is 4.74 Å². The van der Waals surface area contributed by atoms with Crippen LogP contribution < -0.4 is 0 Å². The summed E-state index contributed by atoms with van der Waals surface area (Å²) < 4.78 is 9.38. The van der Waals surface area contributed by atoms with E-state index in [1.807, 2.05) is 0 Å². The number of hydrogen-bond acceptors (Lipinski definition) is 6. The maximum atomic E-state index is 11.0. The standard InChI is InChI=1S/C8H12N2O5/c1-14-8(11)7(10(12)13)6-9-2-4-15-5-3-9/h6H,2-5H2,1H3/b7-6+. The number of esters is 1. The van der Waals surface area contributed by atoms with E-state index in [1.54, 1.807) is 4.90 Å². The Morgan fingerprint density at radius 2 is 2.13 bits per heavy atom. The number of methoxy groups -OCH3 is 1. The molecule has 0 radical (unpaired) electrons. The van der Waals surface area contributed by atoms with Crippen molar-refractivity contribution >= 4 is 5.97 Å². The third kappa shape index (κ3) is 3.21. The molecule has 0 aliphatic carbocycles. The normalized spacial score (nSPS) is 17.4. The predicted molar refractivity (Wildman–Crippen MR) is 49.5 cm³/mol. The summed E-state index contributed by atoms with van der Waals surface area (Å²) in [5.74, 6) is -0.938. The molecule has 1 rings (SSSR count). The van der Waals surface area contributed by atoms with E-state index in [0.29, 0.717) is 26.3 Å². The van der Waals surface area contributed by atoms with Crippen LogP contribution in [-0.4, -0.2) is 49.2 Å². The summed E-state index contributed by atoms with van der Waals surface area (Å²) in [6.07, 6.45) is 1.20. The number of ether oxygens (including phenoxy) is 2. The fraction of sp³-hybridized carbons (Fsp3) is 0.625. The quantitative estimate of drug-likeness (QED) is 0.276. The zero-order valence-electron chi connectivity index (χ0n) is 8.34. The van der Waals surface area contributed by atoms with Crippen LogP contribution in [0.2, 0.25) is 0 Å². The van der Waals surface area contributed by atoms with E-state index in [0.717, 1.165) is 7.11 Å². The van der Waals surface area contributed by atoms with Gasteiger partial charge in [-0.25, -0.2) is 4.79 Å². The van der Waals surface area contributed by atoms with Gasteiger partial charge in [0.1, 0.15) is 0 Å². The average Bonchev–Trinajstić information content (AvgIpc) is 2.26. The highest BCUT2D eigenvalue weighted by atomic mass is 16.6. The summed E-state index contributed by atoms with van der Waals surface area (Å²) in [6.45, 7) is 2.08. The van der Waals surface area contributed by atoms with Crippen LogP contribution in [-0.2, 0) is 14.3 Å². The molecular formula is C8H12N2O5. The molecule has 1 aliphatic rings. The summed E-state index contributed by atoms with van der Waals surface area (Å²) in [4.78, 5) is 22.5. The zero-order chi connectivity index (χ0) is 11.3. The van der Waals surface area contributed by atoms with Crippen molar-refractivity contribution in [2.24, 2.45) is 0 Å². The molecule has 0 unspecified atom stereocenters. The molecule has 0 bridgehead atoms. The van der Waals surface area contributed by atoms with Gasteiger partial charge in [0.15, 0.2) is 0 Å². The largest absolute Gasteiger partial charge is 0.461 e. The zero-order valence-corrected chi connectivity index (χ0v) is 8.34. The van der Waals surface area contributed by atoms with Crippen molar-refractivity contribution < 1.29 is 19.2 Å². The number of hydrogen-bond donors (Lipinski definition) is 0. The molecule has 7 nitrogen and oxygen atoms in total. The van der Waals surface area contributed by atoms with Crippen LogP contribution in [0, 0.1) is 10.1 Å². The minimum atomic E-state index is -0.938. The highest BCUT2D eigenvalue weighted by Crippen LogP contribution is 2.04. The molecule has 84 valence electrons. The van der Waals surface area contributed by atoms with E-state index >= 15 is 0 Å². The molecule has 7 heteroatoms. The molecule has 0 saturated carbocycles. The summed E-state index contributed by atoms with van der Waals surface area (Å²) in [5.41, 5.74) is -0.556. The number of nitrogens with zero attached hydrogens (tertiary/aromatic N) is 2. The van der Waals surface area contributed by atoms with Crippen molar-refractivity contribution in [2.45, 2.75) is 0 Å². The molecule has 0 amide bonds. The molecule has 1 saturated heterocycles. The minimum absolute atomic E-state index is 0.503. The Balaban J connectivity index is 2.73. The van der Waals surface area contributed by atoms with Gasteiger partial charge in [0.25, 0.3) is 0 Å². The fourth-order valence-electron chi connectivity index (χ4n) is 1.16. The molecule has 0 N–H and O–H groups in total. The number of morpholine rings is 1. The molecule has 0 aromatic carbocycles. The van der Waals surface area contributed by atoms with Gasteiger partial charge in [-0.05, 0) is 0 Å². The third-order valence-corrected chi connectivity index (χ3v) is 1.94. The first-order valence-electron chi connectivity index (χ1n) is 4.41. The van der Waals surface area contributed by atoms with Gasteiger partial charge >= 0.3 is 11.7 Å². The van der Waals surface area contributed by atoms with Crippen LogP contribution in [0.1, 0.15) is 0 Å². The van der Waals surface area contributed by atoms with E-state index in [-0.39, 0.29) is 0 Å². The first-order chi connectivity index (χ1) is 7.15. The maximum absolute atomic E-state index is 11.0. The van der Waals surface area contributed by atoms with Crippen LogP contribution in [0.5, 0.6) is 0 Å². The second-order valence-electron chi connectivity index (χ2n) is 2.91. The first-order valence-corrected chi connectivity index (χ1v) is 4.41. The van der Waals surface area contributed by atoms with Gasteiger partial charge in [0.05, 0.1) is 31.4 Å². The topological polar surface area (TPSA) is 81.9 Å². The van der Waals surface area contributed by atoms with Crippen LogP contribution in [0.25, 0.3) is 0 Å². The Kier molecular flexibility index (Phi) is 4.04. The average molecular weight is 216 g/mol. The molecule has 15 heavy (non-hydrogen) atoms. The van der Waals surface area contributed by atoms with Crippen LogP contribution in [0.3, 0.4) is 0 Å². The lowest BCUT2D eigenvalue weighted by Gasteiger charge is -2.24. The lowest BCUT2D eigenvalue weighted by atomic mass is 10.4. The number of rotatable bonds is 3. The summed E-state index contributed by atoms with van der Waals surface area (Å²) >= 11 is 0.